The Labute approximate surface area is 195 Å². The van der Waals surface area contributed by atoms with Crippen LogP contribution in [0.5, 0.6) is 0 Å². The third-order valence-electron chi connectivity index (χ3n) is 7.21. The minimum absolute atomic E-state index is 0.0205. The van der Waals surface area contributed by atoms with Crippen LogP contribution in [0.25, 0.3) is 0 Å². The summed E-state index contributed by atoms with van der Waals surface area (Å²) in [6, 6.07) is 4.69. The zero-order valence-electron chi connectivity index (χ0n) is 21.8. The van der Waals surface area contributed by atoms with Gasteiger partial charge >= 0.3 is 6.09 Å². The van der Waals surface area contributed by atoms with Crippen LogP contribution in [0.3, 0.4) is 0 Å². The van der Waals surface area contributed by atoms with Gasteiger partial charge in [-0.05, 0) is 80.0 Å². The molecule has 4 heteroatoms. The molecule has 1 aromatic rings. The summed E-state index contributed by atoms with van der Waals surface area (Å²) in [5.74, 6) is 1.10. The van der Waals surface area contributed by atoms with Gasteiger partial charge in [-0.15, -0.1) is 0 Å². The summed E-state index contributed by atoms with van der Waals surface area (Å²) in [6.45, 7) is 19.1. The zero-order valence-corrected chi connectivity index (χ0v) is 21.8. The summed E-state index contributed by atoms with van der Waals surface area (Å²) in [5, 5.41) is 12.3. The molecular weight excluding hydrogens is 398 g/mol. The normalized spacial score (nSPS) is 26.2. The lowest BCUT2D eigenvalue weighted by atomic mass is 9.68. The smallest absolute Gasteiger partial charge is 0.410 e. The van der Waals surface area contributed by atoms with Crippen LogP contribution in [0.1, 0.15) is 134 Å². The van der Waals surface area contributed by atoms with Crippen LogP contribution in [-0.2, 0) is 10.3 Å². The van der Waals surface area contributed by atoms with Crippen molar-refractivity contribution >= 4 is 6.09 Å². The fourth-order valence-electron chi connectivity index (χ4n) is 5.74. The number of benzene rings is 1. The Morgan fingerprint density at radius 2 is 1.44 bits per heavy atom. The van der Waals surface area contributed by atoms with Crippen molar-refractivity contribution in [2.45, 2.75) is 135 Å². The van der Waals surface area contributed by atoms with E-state index in [0.29, 0.717) is 30.6 Å². The first kappa shape index (κ1) is 25.1. The quantitative estimate of drug-likeness (QED) is 0.535. The standard InChI is InChI=1S/C28H45NO3/c1-17(2)20-13-23(18(3)4)25(24(14-20)19(5)6)28(31)15-21-11-10-12-22(16-28)29(21)26(30)32-27(7,8)9/h13-14,17-19,21-22,31H,10-12,15-16H2,1-9H3. The van der Waals surface area contributed by atoms with Crippen molar-refractivity contribution < 1.29 is 14.6 Å². The van der Waals surface area contributed by atoms with Crippen LogP contribution >= 0.6 is 0 Å². The zero-order chi connectivity index (χ0) is 24.0. The molecule has 2 unspecified atom stereocenters. The van der Waals surface area contributed by atoms with Gasteiger partial charge < -0.3 is 14.7 Å². The van der Waals surface area contributed by atoms with E-state index in [9.17, 15) is 9.90 Å². The van der Waals surface area contributed by atoms with Crippen molar-refractivity contribution in [2.75, 3.05) is 0 Å². The SMILES string of the molecule is CC(C)c1cc(C(C)C)c(C2(O)CC3CCCC(C2)N3C(=O)OC(C)(C)C)c(C(C)C)c1. The fourth-order valence-corrected chi connectivity index (χ4v) is 5.74. The number of amides is 1. The molecule has 0 aromatic heterocycles. The van der Waals surface area contributed by atoms with Crippen LogP contribution in [-0.4, -0.2) is 33.8 Å². The van der Waals surface area contributed by atoms with Gasteiger partial charge in [-0.2, -0.15) is 0 Å². The lowest BCUT2D eigenvalue weighted by molar-refractivity contribution is -0.0973. The van der Waals surface area contributed by atoms with Gasteiger partial charge in [-0.1, -0.05) is 53.7 Å². The maximum atomic E-state index is 13.1. The Bertz CT molecular complexity index is 791. The molecule has 3 rings (SSSR count). The number of rotatable bonds is 4. The second-order valence-corrected chi connectivity index (χ2v) is 12.1. The minimum Gasteiger partial charge on any atom is -0.444 e. The van der Waals surface area contributed by atoms with Crippen LogP contribution in [0, 0.1) is 0 Å². The fraction of sp³-hybridized carbons (Fsp3) is 0.750. The average molecular weight is 444 g/mol. The predicted molar refractivity (Wildman–Crippen MR) is 131 cm³/mol. The molecular formula is C28H45NO3. The second-order valence-electron chi connectivity index (χ2n) is 12.1. The van der Waals surface area contributed by atoms with E-state index in [2.05, 4.69) is 53.7 Å². The van der Waals surface area contributed by atoms with Gasteiger partial charge in [0.25, 0.3) is 0 Å². The van der Waals surface area contributed by atoms with Gasteiger partial charge in [-0.25, -0.2) is 4.79 Å². The van der Waals surface area contributed by atoms with Crippen molar-refractivity contribution in [3.63, 3.8) is 0 Å². The van der Waals surface area contributed by atoms with Gasteiger partial charge in [0.05, 0.1) is 5.60 Å². The van der Waals surface area contributed by atoms with Gasteiger partial charge in [0.1, 0.15) is 5.60 Å². The molecule has 180 valence electrons. The highest BCUT2D eigenvalue weighted by Gasteiger charge is 2.50. The molecule has 0 aliphatic carbocycles. The van der Waals surface area contributed by atoms with E-state index in [-0.39, 0.29) is 18.2 Å². The highest BCUT2D eigenvalue weighted by molar-refractivity contribution is 5.69. The summed E-state index contributed by atoms with van der Waals surface area (Å²) < 4.78 is 5.76. The monoisotopic (exact) mass is 443 g/mol. The molecule has 2 bridgehead atoms. The van der Waals surface area contributed by atoms with E-state index in [1.807, 2.05) is 25.7 Å². The van der Waals surface area contributed by atoms with Gasteiger partial charge in [0.15, 0.2) is 0 Å². The maximum Gasteiger partial charge on any atom is 0.410 e. The van der Waals surface area contributed by atoms with Crippen molar-refractivity contribution in [3.8, 4) is 0 Å². The number of hydrogen-bond donors (Lipinski definition) is 1. The minimum atomic E-state index is -0.914. The van der Waals surface area contributed by atoms with Gasteiger partial charge in [-0.3, -0.25) is 0 Å². The van der Waals surface area contributed by atoms with Crippen LogP contribution in [0.2, 0.25) is 0 Å². The number of carbonyl (C=O) groups excluding carboxylic acids is 1. The molecule has 32 heavy (non-hydrogen) atoms. The number of fused-ring (bicyclic) bond motifs is 2. The Balaban J connectivity index is 2.06. The summed E-state index contributed by atoms with van der Waals surface area (Å²) in [4.78, 5) is 15.0. The molecule has 0 saturated carbocycles. The second kappa shape index (κ2) is 9.00. The molecule has 2 saturated heterocycles. The molecule has 1 amide bonds. The first-order valence-electron chi connectivity index (χ1n) is 12.7. The van der Waals surface area contributed by atoms with Crippen LogP contribution in [0.15, 0.2) is 12.1 Å². The summed E-state index contributed by atoms with van der Waals surface area (Å²) >= 11 is 0. The van der Waals surface area contributed by atoms with E-state index < -0.39 is 11.2 Å². The Kier molecular flexibility index (Phi) is 7.06. The largest absolute Gasteiger partial charge is 0.444 e. The van der Waals surface area contributed by atoms with Gasteiger partial charge in [0.2, 0.25) is 0 Å². The summed E-state index contributed by atoms with van der Waals surface area (Å²) in [6.07, 6.45) is 3.90. The average Bonchev–Trinajstić information content (AvgIpc) is 2.64. The number of piperidine rings is 2. The molecule has 1 N–H and O–H groups in total. The number of carbonyl (C=O) groups is 1. The third-order valence-corrected chi connectivity index (χ3v) is 7.21. The topological polar surface area (TPSA) is 49.8 Å². The summed E-state index contributed by atoms with van der Waals surface area (Å²) in [7, 11) is 0. The number of hydrogen-bond acceptors (Lipinski definition) is 3. The van der Waals surface area contributed by atoms with E-state index in [0.717, 1.165) is 24.8 Å². The van der Waals surface area contributed by atoms with Crippen molar-refractivity contribution in [3.05, 3.63) is 34.4 Å². The number of aliphatic hydroxyl groups is 1. The first-order chi connectivity index (χ1) is 14.7. The molecule has 2 heterocycles. The lowest BCUT2D eigenvalue weighted by Crippen LogP contribution is -2.59. The molecule has 0 spiro atoms. The predicted octanol–water partition coefficient (Wildman–Crippen LogP) is 7.20. The number of ether oxygens (including phenoxy) is 1. The molecule has 0 radical (unpaired) electrons. The van der Waals surface area contributed by atoms with Crippen LogP contribution < -0.4 is 0 Å². The molecule has 2 aliphatic rings. The first-order valence-corrected chi connectivity index (χ1v) is 12.7. The molecule has 2 atom stereocenters. The summed E-state index contributed by atoms with van der Waals surface area (Å²) in [5.41, 5.74) is 3.59. The highest BCUT2D eigenvalue weighted by Crippen LogP contribution is 2.49. The van der Waals surface area contributed by atoms with E-state index >= 15 is 0 Å². The molecule has 2 fully saturated rings. The molecule has 4 nitrogen and oxygen atoms in total. The van der Waals surface area contributed by atoms with Crippen molar-refractivity contribution in [2.24, 2.45) is 0 Å². The van der Waals surface area contributed by atoms with Gasteiger partial charge in [0, 0.05) is 24.9 Å². The van der Waals surface area contributed by atoms with E-state index in [1.54, 1.807) is 0 Å². The Hall–Kier alpha value is -1.55. The number of nitrogens with zero attached hydrogens (tertiary/aromatic N) is 1. The highest BCUT2D eigenvalue weighted by atomic mass is 16.6. The lowest BCUT2D eigenvalue weighted by Gasteiger charge is -2.52. The maximum absolute atomic E-state index is 13.1. The van der Waals surface area contributed by atoms with Crippen LogP contribution in [0.4, 0.5) is 4.79 Å². The van der Waals surface area contributed by atoms with E-state index in [1.165, 1.54) is 16.7 Å². The third kappa shape index (κ3) is 5.00. The van der Waals surface area contributed by atoms with E-state index in [4.69, 9.17) is 4.74 Å². The molecule has 2 aliphatic heterocycles. The Morgan fingerprint density at radius 1 is 0.969 bits per heavy atom. The molecule has 1 aromatic carbocycles. The Morgan fingerprint density at radius 3 is 1.81 bits per heavy atom. The van der Waals surface area contributed by atoms with Crippen molar-refractivity contribution in [1.29, 1.82) is 0 Å². The van der Waals surface area contributed by atoms with Crippen molar-refractivity contribution in [1.82, 2.24) is 4.90 Å².